The van der Waals surface area contributed by atoms with Gasteiger partial charge in [0, 0.05) is 18.5 Å². The van der Waals surface area contributed by atoms with Crippen LogP contribution in [0.2, 0.25) is 0 Å². The number of aliphatic imine (C=N–C) groups is 1. The summed E-state index contributed by atoms with van der Waals surface area (Å²) in [5.74, 6) is 0.503. The number of carbonyl (C=O) groups excluding carboxylic acids is 1. The third kappa shape index (κ3) is 7.63. The number of amidine groups is 1. The number of ether oxygens (including phenoxy) is 2. The fraction of sp³-hybridized carbons (Fsp3) is 0.857. The van der Waals surface area contributed by atoms with Gasteiger partial charge in [-0.1, -0.05) is 28.2 Å². The molecule has 130 valence electrons. The van der Waals surface area contributed by atoms with E-state index in [1.54, 1.807) is 0 Å². The molecule has 0 spiro atoms. The number of morpholine rings is 1. The lowest BCUT2D eigenvalue weighted by molar-refractivity contribution is -0.141. The zero-order valence-electron chi connectivity index (χ0n) is 12.5. The van der Waals surface area contributed by atoms with Crippen molar-refractivity contribution in [2.24, 2.45) is 10.4 Å². The first-order valence-corrected chi connectivity index (χ1v) is 6.75. The molecule has 1 fully saturated rings. The fourth-order valence-electron chi connectivity index (χ4n) is 1.86. The Labute approximate surface area is 129 Å². The monoisotopic (exact) mass is 326 g/mol. The molecule has 1 amide bonds. The highest BCUT2D eigenvalue weighted by Gasteiger charge is 2.29. The van der Waals surface area contributed by atoms with Gasteiger partial charge < -0.3 is 14.4 Å². The lowest BCUT2D eigenvalue weighted by atomic mass is 9.93. The summed E-state index contributed by atoms with van der Waals surface area (Å²) < 4.78 is 45.8. The first kappa shape index (κ1) is 20.7. The number of alkyl halides is 3. The van der Waals surface area contributed by atoms with Gasteiger partial charge in [-0.25, -0.2) is 4.79 Å². The second-order valence-electron chi connectivity index (χ2n) is 5.76. The summed E-state index contributed by atoms with van der Waals surface area (Å²) in [4.78, 5) is 17.3. The van der Waals surface area contributed by atoms with Crippen LogP contribution in [0.3, 0.4) is 0 Å². The Morgan fingerprint density at radius 1 is 1.23 bits per heavy atom. The summed E-state index contributed by atoms with van der Waals surface area (Å²) in [7, 11) is 0. The van der Waals surface area contributed by atoms with Crippen LogP contribution >= 0.6 is 0 Å². The minimum absolute atomic E-state index is 0. The Morgan fingerprint density at radius 2 is 1.77 bits per heavy atom. The Morgan fingerprint density at radius 3 is 2.23 bits per heavy atom. The van der Waals surface area contributed by atoms with Crippen LogP contribution in [0.1, 0.15) is 34.6 Å². The molecular weight excluding hydrogens is 301 g/mol. The van der Waals surface area contributed by atoms with E-state index in [9.17, 15) is 18.0 Å². The lowest BCUT2D eigenvalue weighted by Crippen LogP contribution is -2.46. The summed E-state index contributed by atoms with van der Waals surface area (Å²) in [5.41, 5.74) is -0.416. The third-order valence-corrected chi connectivity index (χ3v) is 2.79. The number of hydrogen-bond acceptors (Lipinski definition) is 3. The van der Waals surface area contributed by atoms with Gasteiger partial charge in [-0.15, -0.1) is 0 Å². The van der Waals surface area contributed by atoms with Gasteiger partial charge in [-0.2, -0.15) is 18.2 Å². The van der Waals surface area contributed by atoms with Crippen LogP contribution in [0, 0.1) is 5.41 Å². The molecule has 0 N–H and O–H groups in total. The van der Waals surface area contributed by atoms with E-state index in [0.717, 1.165) is 0 Å². The van der Waals surface area contributed by atoms with Crippen LogP contribution in [0.15, 0.2) is 4.99 Å². The third-order valence-electron chi connectivity index (χ3n) is 2.79. The molecule has 1 aliphatic rings. The van der Waals surface area contributed by atoms with Crippen molar-refractivity contribution in [2.45, 2.75) is 40.8 Å². The molecule has 8 heteroatoms. The van der Waals surface area contributed by atoms with Gasteiger partial charge in [0.25, 0.3) is 0 Å². The number of halogens is 3. The van der Waals surface area contributed by atoms with Crippen molar-refractivity contribution in [3.8, 4) is 0 Å². The molecular formula is C14H25F3N2O3. The molecule has 0 unspecified atom stereocenters. The Balaban J connectivity index is 0.00000441. The number of hydrogen-bond donors (Lipinski definition) is 0. The molecule has 0 radical (unpaired) electrons. The summed E-state index contributed by atoms with van der Waals surface area (Å²) >= 11 is 0. The standard InChI is InChI=1S/C13H21F3N2O3.CH4/c1-12(2,3)10(18-5-8-20-9-6-18)17-11(19)21-7-4-13(14,15)16;/h4-9H2,1-3H3;1H4. The van der Waals surface area contributed by atoms with E-state index >= 15 is 0 Å². The smallest absolute Gasteiger partial charge is 0.435 e. The topological polar surface area (TPSA) is 51.1 Å². The van der Waals surface area contributed by atoms with Crippen molar-refractivity contribution in [1.29, 1.82) is 0 Å². The first-order valence-electron chi connectivity index (χ1n) is 6.75. The average molecular weight is 326 g/mol. The quantitative estimate of drug-likeness (QED) is 0.576. The second-order valence-corrected chi connectivity index (χ2v) is 5.76. The Bertz CT molecular complexity index is 384. The normalized spacial score (nSPS) is 17.0. The summed E-state index contributed by atoms with van der Waals surface area (Å²) in [6.45, 7) is 7.15. The summed E-state index contributed by atoms with van der Waals surface area (Å²) in [6, 6.07) is 0. The van der Waals surface area contributed by atoms with Crippen LogP contribution in [0.4, 0.5) is 18.0 Å². The van der Waals surface area contributed by atoms with Crippen molar-refractivity contribution in [1.82, 2.24) is 4.90 Å². The van der Waals surface area contributed by atoms with Gasteiger partial charge in [-0.05, 0) is 0 Å². The van der Waals surface area contributed by atoms with Gasteiger partial charge in [0.2, 0.25) is 0 Å². The Kier molecular flexibility index (Phi) is 7.86. The van der Waals surface area contributed by atoms with Crippen LogP contribution in [-0.2, 0) is 9.47 Å². The maximum Gasteiger partial charge on any atom is 0.435 e. The maximum atomic E-state index is 12.0. The van der Waals surface area contributed by atoms with Gasteiger partial charge >= 0.3 is 12.3 Å². The van der Waals surface area contributed by atoms with E-state index in [0.29, 0.717) is 32.1 Å². The molecule has 0 aromatic rings. The van der Waals surface area contributed by atoms with E-state index < -0.39 is 30.7 Å². The predicted molar refractivity (Wildman–Crippen MR) is 78.0 cm³/mol. The van der Waals surface area contributed by atoms with Crippen molar-refractivity contribution in [3.63, 3.8) is 0 Å². The van der Waals surface area contributed by atoms with Crippen LogP contribution in [0.5, 0.6) is 0 Å². The molecule has 1 rings (SSSR count). The van der Waals surface area contributed by atoms with Crippen LogP contribution in [0.25, 0.3) is 0 Å². The summed E-state index contributed by atoms with van der Waals surface area (Å²) in [6.07, 6.45) is -6.51. The fourth-order valence-corrected chi connectivity index (χ4v) is 1.86. The average Bonchev–Trinajstić information content (AvgIpc) is 2.34. The SMILES string of the molecule is C.CC(C)(C)C(=NC(=O)OCCC(F)(F)F)N1CCOCC1. The minimum atomic E-state index is -4.35. The molecule has 0 aromatic carbocycles. The molecule has 22 heavy (non-hydrogen) atoms. The van der Waals surface area contributed by atoms with E-state index in [1.807, 2.05) is 25.7 Å². The van der Waals surface area contributed by atoms with Crippen LogP contribution < -0.4 is 0 Å². The minimum Gasteiger partial charge on any atom is -0.448 e. The second kappa shape index (κ2) is 8.36. The zero-order valence-corrected chi connectivity index (χ0v) is 12.5. The van der Waals surface area contributed by atoms with Gasteiger partial charge in [0.1, 0.15) is 12.4 Å². The molecule has 0 aromatic heterocycles. The molecule has 1 aliphatic heterocycles. The molecule has 0 aliphatic carbocycles. The molecule has 1 saturated heterocycles. The van der Waals surface area contributed by atoms with Crippen LogP contribution in [-0.4, -0.2) is 55.9 Å². The van der Waals surface area contributed by atoms with E-state index in [-0.39, 0.29) is 7.43 Å². The van der Waals surface area contributed by atoms with E-state index in [2.05, 4.69) is 9.73 Å². The van der Waals surface area contributed by atoms with Crippen molar-refractivity contribution < 1.29 is 27.4 Å². The Hall–Kier alpha value is -1.31. The highest BCUT2D eigenvalue weighted by Crippen LogP contribution is 2.21. The van der Waals surface area contributed by atoms with Gasteiger partial charge in [0.05, 0.1) is 19.6 Å². The van der Waals surface area contributed by atoms with Crippen molar-refractivity contribution in [2.75, 3.05) is 32.9 Å². The van der Waals surface area contributed by atoms with Gasteiger partial charge in [-0.3, -0.25) is 0 Å². The maximum absolute atomic E-state index is 12.0. The largest absolute Gasteiger partial charge is 0.448 e. The molecule has 0 bridgehead atoms. The van der Waals surface area contributed by atoms with Crippen molar-refractivity contribution in [3.05, 3.63) is 0 Å². The number of amides is 1. The van der Waals surface area contributed by atoms with E-state index in [4.69, 9.17) is 4.74 Å². The van der Waals surface area contributed by atoms with Gasteiger partial charge in [0.15, 0.2) is 0 Å². The molecule has 0 atom stereocenters. The molecule has 1 heterocycles. The first-order chi connectivity index (χ1) is 9.59. The van der Waals surface area contributed by atoms with Crippen molar-refractivity contribution >= 4 is 11.9 Å². The number of carbonyl (C=O) groups is 1. The highest BCUT2D eigenvalue weighted by molar-refractivity contribution is 5.95. The summed E-state index contributed by atoms with van der Waals surface area (Å²) in [5, 5.41) is 0. The lowest BCUT2D eigenvalue weighted by Gasteiger charge is -2.35. The predicted octanol–water partition coefficient (Wildman–Crippen LogP) is 3.49. The van der Waals surface area contributed by atoms with E-state index in [1.165, 1.54) is 0 Å². The molecule has 0 saturated carbocycles. The number of rotatable bonds is 2. The zero-order chi connectivity index (χ0) is 16.1. The molecule has 5 nitrogen and oxygen atoms in total. The highest BCUT2D eigenvalue weighted by atomic mass is 19.4. The number of nitrogens with zero attached hydrogens (tertiary/aromatic N) is 2.